The molecule has 0 aromatic heterocycles. The van der Waals surface area contributed by atoms with Crippen molar-refractivity contribution >= 4 is 9.84 Å². The smallest absolute Gasteiger partial charge is 0.177 e. The molecule has 0 bridgehead atoms. The van der Waals surface area contributed by atoms with Gasteiger partial charge in [0.05, 0.1) is 0 Å². The first kappa shape index (κ1) is 15.2. The van der Waals surface area contributed by atoms with Crippen molar-refractivity contribution in [2.75, 3.05) is 26.7 Å². The van der Waals surface area contributed by atoms with Crippen LogP contribution in [0.25, 0.3) is 0 Å². The molecule has 3 nitrogen and oxygen atoms in total. The third kappa shape index (κ3) is 4.36. The molecule has 1 heterocycles. The van der Waals surface area contributed by atoms with Crippen LogP contribution >= 0.6 is 0 Å². The van der Waals surface area contributed by atoms with Crippen molar-refractivity contribution in [2.24, 2.45) is 0 Å². The summed E-state index contributed by atoms with van der Waals surface area (Å²) in [5.74, 6) is 0. The molecule has 1 rings (SSSR count). The molecule has 1 aliphatic rings. The van der Waals surface area contributed by atoms with E-state index in [0.717, 1.165) is 0 Å². The van der Waals surface area contributed by atoms with Crippen LogP contribution in [-0.4, -0.2) is 56.8 Å². The maximum Gasteiger partial charge on any atom is 0.177 e. The average molecular weight is 257 g/mol. The first-order valence-electron chi connectivity index (χ1n) is 7.42. The monoisotopic (exact) mass is 257 g/mol. The zero-order valence-corrected chi connectivity index (χ0v) is 13.7. The summed E-state index contributed by atoms with van der Waals surface area (Å²) in [4.78, 5) is 2.54. The maximum atomic E-state index is 2.76. The molecule has 17 heavy (non-hydrogen) atoms. The zero-order valence-electron chi connectivity index (χ0n) is 12.3. The molecule has 0 radical (unpaired) electrons. The van der Waals surface area contributed by atoms with E-state index in [1.165, 1.54) is 51.7 Å². The highest BCUT2D eigenvalue weighted by molar-refractivity contribution is 6.32. The Hall–Kier alpha value is 0.0969. The summed E-state index contributed by atoms with van der Waals surface area (Å²) in [7, 11) is 2.20. The van der Waals surface area contributed by atoms with Crippen LogP contribution in [0, 0.1) is 0 Å². The molecule has 0 atom stereocenters. The molecule has 1 fully saturated rings. The van der Waals surface area contributed by atoms with Crippen LogP contribution in [0.15, 0.2) is 0 Å². The van der Waals surface area contributed by atoms with Crippen molar-refractivity contribution < 1.29 is 0 Å². The largest absolute Gasteiger partial charge is 0.289 e. The first-order valence-corrected chi connectivity index (χ1v) is 8.69. The first-order chi connectivity index (χ1) is 8.24. The highest BCUT2D eigenvalue weighted by Crippen LogP contribution is 2.20. The van der Waals surface area contributed by atoms with E-state index in [4.69, 9.17) is 0 Å². The van der Waals surface area contributed by atoms with Crippen molar-refractivity contribution in [3.8, 4) is 0 Å². The second-order valence-electron chi connectivity index (χ2n) is 5.30. The van der Waals surface area contributed by atoms with Gasteiger partial charge in [-0.05, 0) is 39.4 Å². The highest BCUT2D eigenvalue weighted by atomic mass is 28.2. The van der Waals surface area contributed by atoms with E-state index in [2.05, 4.69) is 41.8 Å². The topological polar surface area (TPSA) is 9.72 Å². The molecule has 0 saturated carbocycles. The van der Waals surface area contributed by atoms with Crippen LogP contribution in [0.2, 0.25) is 0 Å². The predicted molar refractivity (Wildman–Crippen MR) is 78.5 cm³/mol. The van der Waals surface area contributed by atoms with E-state index >= 15 is 0 Å². The van der Waals surface area contributed by atoms with Gasteiger partial charge >= 0.3 is 0 Å². The van der Waals surface area contributed by atoms with Gasteiger partial charge in [-0.1, -0.05) is 33.6 Å². The summed E-state index contributed by atoms with van der Waals surface area (Å²) in [5, 5.41) is 0. The molecule has 0 N–H and O–H groups in total. The Morgan fingerprint density at radius 3 is 1.88 bits per heavy atom. The van der Waals surface area contributed by atoms with E-state index in [0.29, 0.717) is 6.29 Å². The Kier molecular flexibility index (Phi) is 7.35. The molecule has 0 aliphatic carbocycles. The second kappa shape index (κ2) is 8.24. The molecule has 102 valence electrons. The van der Waals surface area contributed by atoms with Crippen LogP contribution in [0.3, 0.4) is 0 Å². The molecular formula is C13H31N3Si. The van der Waals surface area contributed by atoms with Gasteiger partial charge in [0.15, 0.2) is 9.84 Å². The molecule has 0 aromatic carbocycles. The van der Waals surface area contributed by atoms with Gasteiger partial charge in [-0.25, -0.2) is 0 Å². The van der Waals surface area contributed by atoms with E-state index in [1.54, 1.807) is 0 Å². The summed E-state index contributed by atoms with van der Waals surface area (Å²) in [6, 6.07) is 0. The minimum Gasteiger partial charge on any atom is -0.289 e. The van der Waals surface area contributed by atoms with Gasteiger partial charge < -0.3 is 0 Å². The van der Waals surface area contributed by atoms with Crippen molar-refractivity contribution in [2.45, 2.75) is 59.2 Å². The minimum atomic E-state index is -0.0899. The molecule has 0 unspecified atom stereocenters. The summed E-state index contributed by atoms with van der Waals surface area (Å²) in [6.45, 7) is 10.7. The Morgan fingerprint density at radius 1 is 0.941 bits per heavy atom. The second-order valence-corrected chi connectivity index (χ2v) is 7.21. The van der Waals surface area contributed by atoms with E-state index in [-0.39, 0.29) is 9.84 Å². The molecule has 0 amide bonds. The summed E-state index contributed by atoms with van der Waals surface area (Å²) >= 11 is 0. The molecule has 4 heteroatoms. The van der Waals surface area contributed by atoms with Gasteiger partial charge in [0.25, 0.3) is 0 Å². The van der Waals surface area contributed by atoms with Crippen molar-refractivity contribution in [1.82, 2.24) is 14.0 Å². The number of hydrogen-bond donors (Lipinski definition) is 0. The van der Waals surface area contributed by atoms with Crippen LogP contribution in [-0.2, 0) is 0 Å². The van der Waals surface area contributed by atoms with Crippen LogP contribution in [0.4, 0.5) is 0 Å². The van der Waals surface area contributed by atoms with Crippen molar-refractivity contribution in [3.63, 3.8) is 0 Å². The maximum absolute atomic E-state index is 2.76. The van der Waals surface area contributed by atoms with Crippen LogP contribution in [0.5, 0.6) is 0 Å². The third-order valence-electron chi connectivity index (χ3n) is 3.58. The lowest BCUT2D eigenvalue weighted by molar-refractivity contribution is -0.0298. The number of nitrogens with zero attached hydrogens (tertiary/aromatic N) is 3. The lowest BCUT2D eigenvalue weighted by Gasteiger charge is -2.54. The third-order valence-corrected chi connectivity index (χ3v) is 5.60. The van der Waals surface area contributed by atoms with Crippen molar-refractivity contribution in [3.05, 3.63) is 0 Å². The van der Waals surface area contributed by atoms with Crippen molar-refractivity contribution in [1.29, 1.82) is 0 Å². The van der Waals surface area contributed by atoms with E-state index in [9.17, 15) is 0 Å². The Bertz CT molecular complexity index is 187. The fourth-order valence-corrected chi connectivity index (χ4v) is 4.83. The SMILES string of the molecule is CCCCN1[SiH2]N(CCCC)C1N(C)CCC. The molecule has 0 spiro atoms. The Morgan fingerprint density at radius 2 is 1.47 bits per heavy atom. The van der Waals surface area contributed by atoms with Gasteiger partial charge in [0, 0.05) is 6.54 Å². The number of hydrogen-bond acceptors (Lipinski definition) is 3. The van der Waals surface area contributed by atoms with E-state index in [1.807, 2.05) is 0 Å². The average Bonchev–Trinajstić information content (AvgIpc) is 2.27. The lowest BCUT2D eigenvalue weighted by Crippen LogP contribution is -2.72. The summed E-state index contributed by atoms with van der Waals surface area (Å²) in [6.07, 6.45) is 7.28. The number of unbranched alkanes of at least 4 members (excludes halogenated alkanes) is 2. The summed E-state index contributed by atoms with van der Waals surface area (Å²) in [5.41, 5.74) is 0. The predicted octanol–water partition coefficient (Wildman–Crippen LogP) is 1.83. The van der Waals surface area contributed by atoms with Gasteiger partial charge in [-0.15, -0.1) is 0 Å². The molecule has 1 aliphatic heterocycles. The van der Waals surface area contributed by atoms with Gasteiger partial charge in [-0.2, -0.15) is 0 Å². The fourth-order valence-electron chi connectivity index (χ4n) is 2.63. The fraction of sp³-hybridized carbons (Fsp3) is 1.00. The molecule has 1 saturated heterocycles. The molecular weight excluding hydrogens is 226 g/mol. The van der Waals surface area contributed by atoms with E-state index < -0.39 is 0 Å². The highest BCUT2D eigenvalue weighted by Gasteiger charge is 2.37. The lowest BCUT2D eigenvalue weighted by atomic mass is 10.3. The zero-order chi connectivity index (χ0) is 12.7. The minimum absolute atomic E-state index is 0.0899. The number of rotatable bonds is 9. The standard InChI is InChI=1S/C13H31N3Si/c1-5-8-11-15-13(14(4)10-7-3)16(17-15)12-9-6-2/h13H,5-12,17H2,1-4H3. The summed E-state index contributed by atoms with van der Waals surface area (Å²) < 4.78 is 5.52. The van der Waals surface area contributed by atoms with Crippen LogP contribution in [0.1, 0.15) is 52.9 Å². The quantitative estimate of drug-likeness (QED) is 0.584. The van der Waals surface area contributed by atoms with Crippen LogP contribution < -0.4 is 0 Å². The molecule has 0 aromatic rings. The Labute approximate surface area is 110 Å². The Balaban J connectivity index is 2.41. The van der Waals surface area contributed by atoms with Gasteiger partial charge in [0.1, 0.15) is 6.29 Å². The van der Waals surface area contributed by atoms with Gasteiger partial charge in [-0.3, -0.25) is 14.0 Å². The normalized spacial score (nSPS) is 23.5. The van der Waals surface area contributed by atoms with Gasteiger partial charge in [0.2, 0.25) is 0 Å².